The number of allylic oxidation sites excluding steroid dienone is 1. The number of halogens is 1. The van der Waals surface area contributed by atoms with Crippen molar-refractivity contribution in [1.29, 1.82) is 0 Å². The van der Waals surface area contributed by atoms with E-state index in [2.05, 4.69) is 23.3 Å². The van der Waals surface area contributed by atoms with Crippen molar-refractivity contribution in [3.63, 3.8) is 0 Å². The van der Waals surface area contributed by atoms with E-state index < -0.39 is 23.3 Å². The monoisotopic (exact) mass is 480 g/mol. The van der Waals surface area contributed by atoms with Gasteiger partial charge in [0, 0.05) is 17.3 Å². The number of nitrogens with one attached hydrogen (secondary N) is 1. The van der Waals surface area contributed by atoms with Gasteiger partial charge in [0.05, 0.1) is 19.6 Å². The van der Waals surface area contributed by atoms with Crippen LogP contribution in [0.4, 0.5) is 11.6 Å². The second-order valence-electron chi connectivity index (χ2n) is 8.45. The second-order valence-corrected chi connectivity index (χ2v) is 8.89. The van der Waals surface area contributed by atoms with E-state index in [0.717, 1.165) is 22.1 Å². The minimum Gasteiger partial charge on any atom is -0.469 e. The van der Waals surface area contributed by atoms with Crippen molar-refractivity contribution in [2.45, 2.75) is 33.4 Å². The fourth-order valence-electron chi connectivity index (χ4n) is 3.96. The van der Waals surface area contributed by atoms with Gasteiger partial charge in [-0.3, -0.25) is 9.36 Å². The first-order valence-corrected chi connectivity index (χ1v) is 11.2. The van der Waals surface area contributed by atoms with Gasteiger partial charge in [0.25, 0.3) is 0 Å². The van der Waals surface area contributed by atoms with Gasteiger partial charge in [-0.15, -0.1) is 0 Å². The number of hydrogen-bond donors (Lipinski definition) is 1. The van der Waals surface area contributed by atoms with Crippen LogP contribution in [0.5, 0.6) is 0 Å². The van der Waals surface area contributed by atoms with Gasteiger partial charge in [-0.05, 0) is 54.3 Å². The van der Waals surface area contributed by atoms with Crippen molar-refractivity contribution in [3.05, 3.63) is 90.7 Å². The van der Waals surface area contributed by atoms with Crippen molar-refractivity contribution >= 4 is 35.3 Å². The lowest BCUT2D eigenvalue weighted by atomic mass is 10.1. The molecule has 0 amide bonds. The van der Waals surface area contributed by atoms with Crippen LogP contribution in [0.2, 0.25) is 5.02 Å². The Balaban J connectivity index is 1.76. The maximum atomic E-state index is 13.4. The molecule has 0 fully saturated rings. The average Bonchev–Trinajstić information content (AvgIpc) is 3.19. The highest BCUT2D eigenvalue weighted by molar-refractivity contribution is 6.30. The predicted octanol–water partition coefficient (Wildman–Crippen LogP) is 3.62. The molecule has 0 spiro atoms. The van der Waals surface area contributed by atoms with Crippen LogP contribution in [0.3, 0.4) is 0 Å². The van der Waals surface area contributed by atoms with Gasteiger partial charge >= 0.3 is 17.3 Å². The standard InChI is InChI=1S/C25H25ClN4O4/c1-15-10-18-6-9-21(12-19(18)11-15)27-23-28-24(32)30(13-16(2)22(31)34-3)25(33)29(23)14-17-4-7-20(26)8-5-17/h4-9,11-12,16H,10,13-14H2,1-3H3,(H,27,28,32)/t16-/m0/s1. The average molecular weight is 481 g/mol. The van der Waals surface area contributed by atoms with Crippen LogP contribution in [0, 0.1) is 5.92 Å². The van der Waals surface area contributed by atoms with Crippen molar-refractivity contribution < 1.29 is 9.53 Å². The van der Waals surface area contributed by atoms with Crippen LogP contribution in [0.15, 0.2) is 57.6 Å². The Morgan fingerprint density at radius 2 is 1.91 bits per heavy atom. The number of rotatable bonds is 7. The number of aromatic nitrogens is 3. The molecule has 0 radical (unpaired) electrons. The number of methoxy groups -OCH3 is 1. The predicted molar refractivity (Wildman–Crippen MR) is 132 cm³/mol. The van der Waals surface area contributed by atoms with Crippen LogP contribution in [-0.2, 0) is 29.0 Å². The summed E-state index contributed by atoms with van der Waals surface area (Å²) in [6, 6.07) is 12.9. The van der Waals surface area contributed by atoms with E-state index in [1.807, 2.05) is 18.2 Å². The summed E-state index contributed by atoms with van der Waals surface area (Å²) < 4.78 is 7.07. The van der Waals surface area contributed by atoms with E-state index >= 15 is 0 Å². The number of fused-ring (bicyclic) bond motifs is 1. The molecule has 1 aliphatic carbocycles. The molecule has 34 heavy (non-hydrogen) atoms. The highest BCUT2D eigenvalue weighted by Crippen LogP contribution is 2.28. The summed E-state index contributed by atoms with van der Waals surface area (Å²) in [7, 11) is 1.26. The smallest absolute Gasteiger partial charge is 0.354 e. The highest BCUT2D eigenvalue weighted by atomic mass is 35.5. The number of esters is 1. The molecule has 8 nitrogen and oxygen atoms in total. The Kier molecular flexibility index (Phi) is 6.70. The SMILES string of the molecule is COC(=O)[C@@H](C)Cn1c(=O)nc(Nc2ccc3c(c2)C=C(C)C3)n(Cc2ccc(Cl)cc2)c1=O. The molecule has 9 heteroatoms. The molecule has 1 atom stereocenters. The summed E-state index contributed by atoms with van der Waals surface area (Å²) in [6.07, 6.45) is 3.02. The highest BCUT2D eigenvalue weighted by Gasteiger charge is 2.20. The molecule has 1 heterocycles. The zero-order valence-corrected chi connectivity index (χ0v) is 19.9. The fourth-order valence-corrected chi connectivity index (χ4v) is 4.09. The second kappa shape index (κ2) is 9.69. The molecule has 0 saturated heterocycles. The van der Waals surface area contributed by atoms with Crippen LogP contribution < -0.4 is 16.7 Å². The van der Waals surface area contributed by atoms with E-state index in [9.17, 15) is 14.4 Å². The third-order valence-corrected chi connectivity index (χ3v) is 5.99. The van der Waals surface area contributed by atoms with E-state index in [-0.39, 0.29) is 19.0 Å². The molecule has 0 aliphatic heterocycles. The maximum Gasteiger partial charge on any atom is 0.354 e. The quantitative estimate of drug-likeness (QED) is 0.519. The van der Waals surface area contributed by atoms with E-state index in [4.69, 9.17) is 16.3 Å². The topological polar surface area (TPSA) is 95.2 Å². The molecule has 1 N–H and O–H groups in total. The lowest BCUT2D eigenvalue weighted by Gasteiger charge is -2.17. The molecule has 2 aromatic carbocycles. The number of nitrogens with zero attached hydrogens (tertiary/aromatic N) is 3. The summed E-state index contributed by atoms with van der Waals surface area (Å²) in [5.74, 6) is -1.09. The van der Waals surface area contributed by atoms with Crippen molar-refractivity contribution in [2.75, 3.05) is 12.4 Å². The number of benzene rings is 2. The van der Waals surface area contributed by atoms with Crippen LogP contribution >= 0.6 is 11.6 Å². The number of anilines is 2. The molecule has 3 aromatic rings. The molecule has 0 bridgehead atoms. The molecule has 4 rings (SSSR count). The minimum absolute atomic E-state index is 0.116. The molecular weight excluding hydrogens is 456 g/mol. The molecule has 0 unspecified atom stereocenters. The maximum absolute atomic E-state index is 13.4. The first-order valence-electron chi connectivity index (χ1n) is 10.9. The van der Waals surface area contributed by atoms with Crippen molar-refractivity contribution in [1.82, 2.24) is 14.1 Å². The Morgan fingerprint density at radius 3 is 2.62 bits per heavy atom. The number of ether oxygens (including phenoxy) is 1. The van der Waals surface area contributed by atoms with Gasteiger partial charge in [-0.2, -0.15) is 4.98 Å². The number of carbonyl (C=O) groups is 1. The fraction of sp³-hybridized carbons (Fsp3) is 0.280. The minimum atomic E-state index is -0.743. The summed E-state index contributed by atoms with van der Waals surface area (Å²) >= 11 is 6.00. The van der Waals surface area contributed by atoms with Gasteiger partial charge < -0.3 is 10.1 Å². The van der Waals surface area contributed by atoms with Gasteiger partial charge in [-0.25, -0.2) is 14.2 Å². The van der Waals surface area contributed by atoms with E-state index in [1.165, 1.54) is 22.8 Å². The number of carbonyl (C=O) groups excluding carboxylic acids is 1. The lowest BCUT2D eigenvalue weighted by molar-refractivity contribution is -0.145. The Morgan fingerprint density at radius 1 is 1.18 bits per heavy atom. The lowest BCUT2D eigenvalue weighted by Crippen LogP contribution is -2.44. The first-order chi connectivity index (χ1) is 16.2. The third kappa shape index (κ3) is 4.97. The summed E-state index contributed by atoms with van der Waals surface area (Å²) in [5.41, 5.74) is 3.78. The van der Waals surface area contributed by atoms with Crippen molar-refractivity contribution in [3.8, 4) is 0 Å². The molecular formula is C25H25ClN4O4. The van der Waals surface area contributed by atoms with Gasteiger partial charge in [0.15, 0.2) is 0 Å². The van der Waals surface area contributed by atoms with Gasteiger partial charge in [0.2, 0.25) is 5.95 Å². The van der Waals surface area contributed by atoms with E-state index in [0.29, 0.717) is 10.7 Å². The zero-order chi connectivity index (χ0) is 24.4. The summed E-state index contributed by atoms with van der Waals surface area (Å²) in [4.78, 5) is 42.2. The normalized spacial score (nSPS) is 13.2. The Hall–Kier alpha value is -3.65. The summed E-state index contributed by atoms with van der Waals surface area (Å²) in [5, 5.41) is 3.71. The molecule has 0 saturated carbocycles. The van der Waals surface area contributed by atoms with Gasteiger partial charge in [0.1, 0.15) is 0 Å². The number of hydrogen-bond acceptors (Lipinski definition) is 6. The van der Waals surface area contributed by atoms with Crippen LogP contribution in [-0.4, -0.2) is 27.2 Å². The van der Waals surface area contributed by atoms with Crippen LogP contribution in [0.1, 0.15) is 30.5 Å². The summed E-state index contributed by atoms with van der Waals surface area (Å²) in [6.45, 7) is 3.68. The molecule has 1 aliphatic rings. The Labute approximate surface area is 201 Å². The molecule has 1 aromatic heterocycles. The largest absolute Gasteiger partial charge is 0.469 e. The van der Waals surface area contributed by atoms with Crippen molar-refractivity contribution in [2.24, 2.45) is 5.92 Å². The molecule has 176 valence electrons. The zero-order valence-electron chi connectivity index (χ0n) is 19.2. The van der Waals surface area contributed by atoms with Gasteiger partial charge in [-0.1, -0.05) is 48.4 Å². The van der Waals surface area contributed by atoms with E-state index in [1.54, 1.807) is 31.2 Å². The van der Waals surface area contributed by atoms with Crippen LogP contribution in [0.25, 0.3) is 6.08 Å². The first kappa shape index (κ1) is 23.5. The Bertz CT molecular complexity index is 1390. The third-order valence-electron chi connectivity index (χ3n) is 5.74.